The molecule has 24 heavy (non-hydrogen) atoms. The predicted octanol–water partition coefficient (Wildman–Crippen LogP) is 5.60. The van der Waals surface area contributed by atoms with Crippen LogP contribution in [0.4, 0.5) is 0 Å². The van der Waals surface area contributed by atoms with Gasteiger partial charge < -0.3 is 9.84 Å². The highest BCUT2D eigenvalue weighted by Crippen LogP contribution is 2.23. The summed E-state index contributed by atoms with van der Waals surface area (Å²) in [4.78, 5) is 11.4. The maximum atomic E-state index is 11.4. The summed E-state index contributed by atoms with van der Waals surface area (Å²) in [5.74, 6) is -0.313. The third-order valence-corrected chi connectivity index (χ3v) is 4.39. The molecule has 1 rings (SSSR count). The second kappa shape index (κ2) is 13.0. The van der Waals surface area contributed by atoms with Gasteiger partial charge in [0, 0.05) is 0 Å². The number of carbonyl (C=O) groups excluding carboxylic acids is 1. The number of aliphatic hydroxyl groups excluding tert-OH is 1. The fraction of sp³-hybridized carbons (Fsp3) is 0.667. The van der Waals surface area contributed by atoms with Gasteiger partial charge in [0.1, 0.15) is 11.9 Å². The smallest absolute Gasteiger partial charge is 0.341 e. The van der Waals surface area contributed by atoms with Crippen LogP contribution in [0.1, 0.15) is 84.0 Å². The summed E-state index contributed by atoms with van der Waals surface area (Å²) in [7, 11) is 0. The van der Waals surface area contributed by atoms with Gasteiger partial charge in [-0.3, -0.25) is 0 Å². The van der Waals surface area contributed by atoms with E-state index in [9.17, 15) is 9.90 Å². The second-order valence-corrected chi connectivity index (χ2v) is 6.58. The number of hydrogen-bond donors (Lipinski definition) is 1. The molecule has 0 aromatic heterocycles. The maximum Gasteiger partial charge on any atom is 0.341 e. The summed E-state index contributed by atoms with van der Waals surface area (Å²) in [6.07, 6.45) is 20.1. The number of allylic oxidation sites excluding steroid dienone is 3. The SMILES string of the molecule is C=C1OC(=O)/C(=C/CCCCC/C=C\CCCCCCCC)[C@@H]1O. The van der Waals surface area contributed by atoms with Gasteiger partial charge in [-0.2, -0.15) is 0 Å². The van der Waals surface area contributed by atoms with Crippen LogP contribution < -0.4 is 0 Å². The summed E-state index contributed by atoms with van der Waals surface area (Å²) < 4.78 is 4.79. The van der Waals surface area contributed by atoms with Gasteiger partial charge in [-0.15, -0.1) is 0 Å². The number of ether oxygens (including phenoxy) is 1. The van der Waals surface area contributed by atoms with E-state index in [1.54, 1.807) is 6.08 Å². The first kappa shape index (κ1) is 20.7. The summed E-state index contributed by atoms with van der Waals surface area (Å²) in [6.45, 7) is 5.76. The quantitative estimate of drug-likeness (QED) is 0.206. The first-order valence-electron chi connectivity index (χ1n) is 9.61. The molecule has 1 fully saturated rings. The molecule has 1 aliphatic heterocycles. The van der Waals surface area contributed by atoms with Crippen molar-refractivity contribution in [1.82, 2.24) is 0 Å². The lowest BCUT2D eigenvalue weighted by Gasteiger charge is -2.00. The number of aliphatic hydroxyl groups is 1. The first-order valence-corrected chi connectivity index (χ1v) is 9.61. The van der Waals surface area contributed by atoms with Crippen molar-refractivity contribution in [3.8, 4) is 0 Å². The molecular formula is C21H34O3. The van der Waals surface area contributed by atoms with Crippen molar-refractivity contribution in [1.29, 1.82) is 0 Å². The zero-order valence-corrected chi connectivity index (χ0v) is 15.3. The van der Waals surface area contributed by atoms with Crippen molar-refractivity contribution < 1.29 is 14.6 Å². The van der Waals surface area contributed by atoms with Crippen molar-refractivity contribution in [2.45, 2.75) is 90.1 Å². The Morgan fingerprint density at radius 3 is 2.08 bits per heavy atom. The minimum Gasteiger partial charge on any atom is -0.425 e. The van der Waals surface area contributed by atoms with Gasteiger partial charge >= 0.3 is 5.97 Å². The molecule has 1 aliphatic rings. The van der Waals surface area contributed by atoms with Crippen LogP contribution in [-0.2, 0) is 9.53 Å². The standard InChI is InChI=1S/C21H34O3/c1-3-4-5-6-7-8-9-10-11-12-13-14-15-16-17-19-20(22)18(2)24-21(19)23/h10-11,17,20,22H,2-9,12-16H2,1H3/b11-10-,19-17+/t20-/m1/s1. The average molecular weight is 335 g/mol. The highest BCUT2D eigenvalue weighted by molar-refractivity contribution is 5.93. The summed E-state index contributed by atoms with van der Waals surface area (Å²) in [6, 6.07) is 0. The topological polar surface area (TPSA) is 46.5 Å². The molecule has 1 saturated heterocycles. The number of hydrogen-bond acceptors (Lipinski definition) is 3. The van der Waals surface area contributed by atoms with Gasteiger partial charge in [0.05, 0.1) is 5.57 Å². The lowest BCUT2D eigenvalue weighted by molar-refractivity contribution is -0.132. The van der Waals surface area contributed by atoms with E-state index in [1.807, 2.05) is 0 Å². The van der Waals surface area contributed by atoms with Crippen LogP contribution in [0.15, 0.2) is 36.1 Å². The van der Waals surface area contributed by atoms with Crippen LogP contribution in [0.3, 0.4) is 0 Å². The minimum atomic E-state index is -0.942. The molecule has 1 atom stereocenters. The average Bonchev–Trinajstić information content (AvgIpc) is 2.81. The van der Waals surface area contributed by atoms with Crippen molar-refractivity contribution in [2.75, 3.05) is 0 Å². The van der Waals surface area contributed by atoms with Crippen molar-refractivity contribution >= 4 is 5.97 Å². The van der Waals surface area contributed by atoms with Gasteiger partial charge in [-0.1, -0.05) is 70.3 Å². The van der Waals surface area contributed by atoms with Gasteiger partial charge in [0.15, 0.2) is 0 Å². The molecule has 1 heterocycles. The molecule has 0 radical (unpaired) electrons. The molecule has 0 unspecified atom stereocenters. The van der Waals surface area contributed by atoms with E-state index in [1.165, 1.54) is 51.4 Å². The number of carbonyl (C=O) groups is 1. The molecule has 3 nitrogen and oxygen atoms in total. The largest absolute Gasteiger partial charge is 0.425 e. The summed E-state index contributed by atoms with van der Waals surface area (Å²) in [5.41, 5.74) is 0.346. The number of cyclic esters (lactones) is 1. The highest BCUT2D eigenvalue weighted by Gasteiger charge is 2.32. The Bertz CT molecular complexity index is 434. The molecule has 0 aliphatic carbocycles. The van der Waals surface area contributed by atoms with E-state index in [-0.39, 0.29) is 5.76 Å². The Balaban J connectivity index is 1.94. The van der Waals surface area contributed by atoms with Crippen molar-refractivity contribution in [3.05, 3.63) is 36.1 Å². The Hall–Kier alpha value is -1.35. The van der Waals surface area contributed by atoms with Crippen LogP contribution >= 0.6 is 0 Å². The summed E-state index contributed by atoms with van der Waals surface area (Å²) in [5, 5.41) is 9.71. The number of rotatable bonds is 13. The molecule has 0 aromatic rings. The van der Waals surface area contributed by atoms with Gasteiger partial charge in [-0.25, -0.2) is 4.79 Å². The number of unbranched alkanes of at least 4 members (excludes halogenated alkanes) is 10. The third-order valence-electron chi connectivity index (χ3n) is 4.39. The van der Waals surface area contributed by atoms with Crippen molar-refractivity contribution in [3.63, 3.8) is 0 Å². The van der Waals surface area contributed by atoms with E-state index in [0.717, 1.165) is 25.7 Å². The van der Waals surface area contributed by atoms with Gasteiger partial charge in [-0.05, 0) is 38.5 Å². The van der Waals surface area contributed by atoms with E-state index in [4.69, 9.17) is 4.74 Å². The third kappa shape index (κ3) is 8.49. The second-order valence-electron chi connectivity index (χ2n) is 6.58. The normalized spacial score (nSPS) is 19.6. The zero-order valence-electron chi connectivity index (χ0n) is 15.3. The Morgan fingerprint density at radius 2 is 1.50 bits per heavy atom. The molecule has 0 aromatic carbocycles. The predicted molar refractivity (Wildman–Crippen MR) is 99.5 cm³/mol. The molecule has 3 heteroatoms. The molecule has 0 bridgehead atoms. The van der Waals surface area contributed by atoms with Crippen LogP contribution in [0.5, 0.6) is 0 Å². The zero-order chi connectivity index (χ0) is 17.6. The maximum absolute atomic E-state index is 11.4. The van der Waals surface area contributed by atoms with Gasteiger partial charge in [0.2, 0.25) is 0 Å². The van der Waals surface area contributed by atoms with E-state index >= 15 is 0 Å². The molecule has 1 N–H and O–H groups in total. The monoisotopic (exact) mass is 334 g/mol. The molecular weight excluding hydrogens is 300 g/mol. The molecule has 136 valence electrons. The van der Waals surface area contributed by atoms with Crippen LogP contribution in [0.2, 0.25) is 0 Å². The lowest BCUT2D eigenvalue weighted by atomic mass is 10.1. The van der Waals surface area contributed by atoms with E-state index < -0.39 is 12.1 Å². The summed E-state index contributed by atoms with van der Waals surface area (Å²) >= 11 is 0. The fourth-order valence-corrected chi connectivity index (χ4v) is 2.83. The Kier molecular flexibility index (Phi) is 11.2. The molecule has 0 saturated carbocycles. The fourth-order valence-electron chi connectivity index (χ4n) is 2.83. The van der Waals surface area contributed by atoms with Crippen LogP contribution in [0.25, 0.3) is 0 Å². The lowest BCUT2D eigenvalue weighted by Crippen LogP contribution is -2.07. The highest BCUT2D eigenvalue weighted by atomic mass is 16.6. The number of esters is 1. The van der Waals surface area contributed by atoms with E-state index in [0.29, 0.717) is 5.57 Å². The van der Waals surface area contributed by atoms with Crippen LogP contribution in [-0.4, -0.2) is 17.2 Å². The first-order chi connectivity index (χ1) is 11.7. The van der Waals surface area contributed by atoms with Crippen LogP contribution in [0, 0.1) is 0 Å². The Labute approximate surface area is 147 Å². The molecule has 0 spiro atoms. The van der Waals surface area contributed by atoms with Gasteiger partial charge in [0.25, 0.3) is 0 Å². The Morgan fingerprint density at radius 1 is 0.958 bits per heavy atom. The van der Waals surface area contributed by atoms with Crippen molar-refractivity contribution in [2.24, 2.45) is 0 Å². The van der Waals surface area contributed by atoms with E-state index in [2.05, 4.69) is 25.7 Å². The molecule has 0 amide bonds. The minimum absolute atomic E-state index is 0.141.